The molecule has 3 unspecified atom stereocenters. The molecular weight excluding hydrogens is 188 g/mol. The van der Waals surface area contributed by atoms with E-state index in [1.807, 2.05) is 18.2 Å². The van der Waals surface area contributed by atoms with Crippen LogP contribution in [0.1, 0.15) is 13.3 Å². The molecule has 84 valence electrons. The quantitative estimate of drug-likeness (QED) is 0.513. The number of rotatable bonds is 5. The summed E-state index contributed by atoms with van der Waals surface area (Å²) in [6.45, 7) is 6.56. The van der Waals surface area contributed by atoms with Crippen molar-refractivity contribution in [3.63, 3.8) is 0 Å². The number of hydrogen-bond donors (Lipinski definition) is 2. The monoisotopic (exact) mass is 208 g/mol. The van der Waals surface area contributed by atoms with E-state index < -0.39 is 0 Å². The van der Waals surface area contributed by atoms with Crippen LogP contribution in [0.3, 0.4) is 0 Å². The van der Waals surface area contributed by atoms with Gasteiger partial charge in [-0.1, -0.05) is 25.2 Å². The minimum Gasteiger partial charge on any atom is -0.629 e. The Bertz CT molecular complexity index is 269. The molecule has 1 aliphatic rings. The molecule has 0 saturated carbocycles. The van der Waals surface area contributed by atoms with Crippen molar-refractivity contribution in [2.45, 2.75) is 19.4 Å². The third-order valence-electron chi connectivity index (χ3n) is 2.76. The molecule has 0 amide bonds. The Morgan fingerprint density at radius 1 is 1.67 bits per heavy atom. The predicted octanol–water partition coefficient (Wildman–Crippen LogP) is 0.623. The van der Waals surface area contributed by atoms with E-state index in [0.29, 0.717) is 5.92 Å². The van der Waals surface area contributed by atoms with Crippen LogP contribution in [0.2, 0.25) is 0 Å². The molecule has 0 aromatic heterocycles. The minimum absolute atomic E-state index is 0.149. The van der Waals surface area contributed by atoms with Gasteiger partial charge < -0.3 is 15.6 Å². The second-order valence-electron chi connectivity index (χ2n) is 3.81. The average Bonchev–Trinajstić information content (AvgIpc) is 2.25. The Morgan fingerprint density at radius 3 is 2.93 bits per heavy atom. The molecule has 1 aliphatic carbocycles. The van der Waals surface area contributed by atoms with Gasteiger partial charge in [0.15, 0.2) is 0 Å². The Balaban J connectivity index is 2.77. The fourth-order valence-corrected chi connectivity index (χ4v) is 1.93. The molecule has 2 N–H and O–H groups in total. The standard InChI is InChI=1S/C12H20N2O/c1-4-9-13-12-10(5-2)7-6-8-11(12)14(3)15/h4,6-8,10,12-14H,1,5,9H2,2-3H3. The van der Waals surface area contributed by atoms with Gasteiger partial charge in [0.1, 0.15) is 5.70 Å². The summed E-state index contributed by atoms with van der Waals surface area (Å²) in [5.74, 6) is 0.411. The van der Waals surface area contributed by atoms with E-state index in [1.54, 1.807) is 7.05 Å². The first-order chi connectivity index (χ1) is 7.20. The van der Waals surface area contributed by atoms with Crippen molar-refractivity contribution in [1.29, 1.82) is 0 Å². The first kappa shape index (κ1) is 12.2. The van der Waals surface area contributed by atoms with Crippen molar-refractivity contribution in [1.82, 2.24) is 5.32 Å². The molecule has 0 aromatic carbocycles. The third kappa shape index (κ3) is 3.02. The Morgan fingerprint density at radius 2 is 2.40 bits per heavy atom. The SMILES string of the molecule is C=CCNC1C([NH+](C)[O-])=CC=CC1CC. The highest BCUT2D eigenvalue weighted by atomic mass is 16.5. The highest BCUT2D eigenvalue weighted by Crippen LogP contribution is 2.18. The summed E-state index contributed by atoms with van der Waals surface area (Å²) in [4.78, 5) is 0. The van der Waals surface area contributed by atoms with Gasteiger partial charge in [0.05, 0.1) is 13.1 Å². The van der Waals surface area contributed by atoms with E-state index in [4.69, 9.17) is 0 Å². The summed E-state index contributed by atoms with van der Waals surface area (Å²) in [5, 5.41) is 15.0. The number of nitrogens with one attached hydrogen (secondary N) is 2. The first-order valence-electron chi connectivity index (χ1n) is 5.44. The van der Waals surface area contributed by atoms with Crippen LogP contribution in [-0.2, 0) is 0 Å². The van der Waals surface area contributed by atoms with E-state index in [9.17, 15) is 5.21 Å². The zero-order chi connectivity index (χ0) is 11.3. The summed E-state index contributed by atoms with van der Waals surface area (Å²) in [6, 6.07) is 0.149. The molecule has 15 heavy (non-hydrogen) atoms. The molecule has 0 heterocycles. The summed E-state index contributed by atoms with van der Waals surface area (Å²) in [6.07, 6.45) is 8.91. The van der Waals surface area contributed by atoms with Gasteiger partial charge in [-0.15, -0.1) is 6.58 Å². The second-order valence-corrected chi connectivity index (χ2v) is 3.81. The molecule has 0 saturated heterocycles. The maximum Gasteiger partial charge on any atom is 0.125 e. The molecule has 3 nitrogen and oxygen atoms in total. The summed E-state index contributed by atoms with van der Waals surface area (Å²) >= 11 is 0. The Labute approximate surface area is 91.7 Å². The van der Waals surface area contributed by atoms with Gasteiger partial charge in [-0.2, -0.15) is 0 Å². The molecule has 0 aliphatic heterocycles. The van der Waals surface area contributed by atoms with Gasteiger partial charge in [0, 0.05) is 12.5 Å². The van der Waals surface area contributed by atoms with Crippen molar-refractivity contribution in [2.24, 2.45) is 5.92 Å². The molecule has 1 rings (SSSR count). The van der Waals surface area contributed by atoms with Crippen LogP contribution < -0.4 is 10.4 Å². The lowest BCUT2D eigenvalue weighted by atomic mass is 9.90. The van der Waals surface area contributed by atoms with Crippen LogP contribution in [-0.4, -0.2) is 19.6 Å². The third-order valence-corrected chi connectivity index (χ3v) is 2.76. The minimum atomic E-state index is 0.149. The van der Waals surface area contributed by atoms with E-state index >= 15 is 0 Å². The zero-order valence-corrected chi connectivity index (χ0v) is 9.49. The van der Waals surface area contributed by atoms with Crippen LogP contribution >= 0.6 is 0 Å². The second kappa shape index (κ2) is 5.85. The summed E-state index contributed by atoms with van der Waals surface area (Å²) in [7, 11) is 1.63. The van der Waals surface area contributed by atoms with Gasteiger partial charge in [-0.3, -0.25) is 0 Å². The Kier molecular flexibility index (Phi) is 4.75. The van der Waals surface area contributed by atoms with Crippen LogP contribution in [0.5, 0.6) is 0 Å². The number of quaternary nitrogens is 1. The van der Waals surface area contributed by atoms with Gasteiger partial charge in [-0.05, 0) is 12.5 Å². The van der Waals surface area contributed by atoms with Crippen LogP contribution in [0.4, 0.5) is 0 Å². The maximum absolute atomic E-state index is 11.5. The van der Waals surface area contributed by atoms with Crippen LogP contribution in [0, 0.1) is 11.1 Å². The van der Waals surface area contributed by atoms with E-state index in [1.165, 1.54) is 0 Å². The number of likely N-dealkylation sites (N-methyl/N-ethyl adjacent to an activating group) is 1. The largest absolute Gasteiger partial charge is 0.629 e. The van der Waals surface area contributed by atoms with E-state index in [0.717, 1.165) is 18.7 Å². The molecule has 0 fully saturated rings. The lowest BCUT2D eigenvalue weighted by Gasteiger charge is -2.32. The van der Waals surface area contributed by atoms with Gasteiger partial charge >= 0.3 is 0 Å². The Hall–Kier alpha value is -0.900. The maximum atomic E-state index is 11.5. The molecule has 0 bridgehead atoms. The van der Waals surface area contributed by atoms with Crippen LogP contribution in [0.25, 0.3) is 0 Å². The first-order valence-corrected chi connectivity index (χ1v) is 5.44. The van der Waals surface area contributed by atoms with Crippen molar-refractivity contribution in [2.75, 3.05) is 13.6 Å². The smallest absolute Gasteiger partial charge is 0.125 e. The number of hydroxylamine groups is 2. The van der Waals surface area contributed by atoms with Crippen molar-refractivity contribution in [3.05, 3.63) is 41.8 Å². The van der Waals surface area contributed by atoms with Gasteiger partial charge in [0.2, 0.25) is 0 Å². The lowest BCUT2D eigenvalue weighted by Crippen LogP contribution is -3.03. The highest BCUT2D eigenvalue weighted by Gasteiger charge is 2.26. The number of allylic oxidation sites excluding steroid dienone is 2. The van der Waals surface area contributed by atoms with Gasteiger partial charge in [-0.25, -0.2) is 0 Å². The topological polar surface area (TPSA) is 39.5 Å². The van der Waals surface area contributed by atoms with E-state index in [2.05, 4.69) is 24.9 Å². The molecule has 3 heteroatoms. The average molecular weight is 208 g/mol. The molecule has 3 atom stereocenters. The number of hydrogen-bond acceptors (Lipinski definition) is 2. The fraction of sp³-hybridized carbons (Fsp3) is 0.500. The zero-order valence-electron chi connectivity index (χ0n) is 9.49. The molecule has 0 radical (unpaired) electrons. The van der Waals surface area contributed by atoms with Crippen molar-refractivity contribution in [3.8, 4) is 0 Å². The summed E-state index contributed by atoms with van der Waals surface area (Å²) in [5.41, 5.74) is 0.881. The predicted molar refractivity (Wildman–Crippen MR) is 63.2 cm³/mol. The van der Waals surface area contributed by atoms with E-state index in [-0.39, 0.29) is 11.1 Å². The molecule has 0 aromatic rings. The fourth-order valence-electron chi connectivity index (χ4n) is 1.93. The lowest BCUT2D eigenvalue weighted by molar-refractivity contribution is -0.785. The molecular formula is C12H20N2O. The summed E-state index contributed by atoms with van der Waals surface area (Å²) < 4.78 is 0. The van der Waals surface area contributed by atoms with Crippen molar-refractivity contribution < 1.29 is 5.06 Å². The van der Waals surface area contributed by atoms with Crippen LogP contribution in [0.15, 0.2) is 36.6 Å². The van der Waals surface area contributed by atoms with Crippen molar-refractivity contribution >= 4 is 0 Å². The normalized spacial score (nSPS) is 27.3. The van der Waals surface area contributed by atoms with Gasteiger partial charge in [0.25, 0.3) is 0 Å². The molecule has 0 spiro atoms. The highest BCUT2D eigenvalue weighted by molar-refractivity contribution is 5.21.